The molecule has 0 saturated carbocycles. The Morgan fingerprint density at radius 3 is 2.76 bits per heavy atom. The Balaban J connectivity index is 2.28. The zero-order chi connectivity index (χ0) is 12.8. The second-order valence-electron chi connectivity index (χ2n) is 5.01. The number of hydrogen-bond acceptors (Lipinski definition) is 4. The summed E-state index contributed by atoms with van der Waals surface area (Å²) in [6, 6.07) is 0.472. The molecule has 0 bridgehead atoms. The molecule has 17 heavy (non-hydrogen) atoms. The van der Waals surface area contributed by atoms with E-state index < -0.39 is 0 Å². The largest absolute Gasteiger partial charge is 0.368 e. The Hall–Kier alpha value is -0.650. The Kier molecular flexibility index (Phi) is 5.88. The molecule has 2 unspecified atom stereocenters. The third-order valence-electron chi connectivity index (χ3n) is 3.51. The highest BCUT2D eigenvalue weighted by Gasteiger charge is 2.24. The first kappa shape index (κ1) is 14.4. The molecular formula is C12H26N4O. The van der Waals surface area contributed by atoms with Gasteiger partial charge < -0.3 is 20.9 Å². The number of carbonyl (C=O) groups is 1. The highest BCUT2D eigenvalue weighted by molar-refractivity contribution is 5.79. The summed E-state index contributed by atoms with van der Waals surface area (Å²) in [6.07, 6.45) is 2.03. The average molecular weight is 242 g/mol. The first-order valence-electron chi connectivity index (χ1n) is 6.46. The summed E-state index contributed by atoms with van der Waals surface area (Å²) in [5, 5.41) is 3.13. The van der Waals surface area contributed by atoms with Crippen molar-refractivity contribution in [3.05, 3.63) is 0 Å². The van der Waals surface area contributed by atoms with Crippen LogP contribution in [-0.4, -0.2) is 68.1 Å². The van der Waals surface area contributed by atoms with Crippen LogP contribution >= 0.6 is 0 Å². The molecule has 2 atom stereocenters. The Morgan fingerprint density at radius 2 is 2.29 bits per heavy atom. The van der Waals surface area contributed by atoms with Crippen LogP contribution in [0.1, 0.15) is 19.8 Å². The normalized spacial score (nSPS) is 23.2. The molecule has 0 aromatic carbocycles. The average Bonchev–Trinajstić information content (AvgIpc) is 2.72. The zero-order valence-corrected chi connectivity index (χ0v) is 11.3. The molecule has 1 aliphatic rings. The van der Waals surface area contributed by atoms with Crippen LogP contribution in [0.3, 0.4) is 0 Å². The first-order valence-corrected chi connectivity index (χ1v) is 6.46. The molecular weight excluding hydrogens is 216 g/mol. The van der Waals surface area contributed by atoms with Crippen molar-refractivity contribution in [3.63, 3.8) is 0 Å². The molecule has 1 heterocycles. The molecule has 1 aliphatic heterocycles. The van der Waals surface area contributed by atoms with Crippen molar-refractivity contribution in [1.29, 1.82) is 0 Å². The van der Waals surface area contributed by atoms with Gasteiger partial charge in [0, 0.05) is 19.1 Å². The highest BCUT2D eigenvalue weighted by Crippen LogP contribution is 2.13. The van der Waals surface area contributed by atoms with Gasteiger partial charge in [0.2, 0.25) is 5.91 Å². The van der Waals surface area contributed by atoms with Crippen LogP contribution in [0, 0.1) is 0 Å². The summed E-state index contributed by atoms with van der Waals surface area (Å²) < 4.78 is 0. The lowest BCUT2D eigenvalue weighted by atomic mass is 10.2. The number of hydrogen-bond donors (Lipinski definition) is 2. The number of rotatable bonds is 7. The summed E-state index contributed by atoms with van der Waals surface area (Å²) in [4.78, 5) is 15.9. The van der Waals surface area contributed by atoms with Crippen LogP contribution in [0.5, 0.6) is 0 Å². The molecule has 5 nitrogen and oxygen atoms in total. The molecule has 0 radical (unpaired) electrons. The lowest BCUT2D eigenvalue weighted by molar-refractivity contribution is -0.120. The van der Waals surface area contributed by atoms with Crippen molar-refractivity contribution in [2.45, 2.75) is 31.8 Å². The van der Waals surface area contributed by atoms with E-state index in [0.29, 0.717) is 6.04 Å². The second kappa shape index (κ2) is 6.93. The van der Waals surface area contributed by atoms with Crippen molar-refractivity contribution in [1.82, 2.24) is 15.1 Å². The van der Waals surface area contributed by atoms with Gasteiger partial charge in [0.15, 0.2) is 0 Å². The fourth-order valence-electron chi connectivity index (χ4n) is 2.34. The van der Waals surface area contributed by atoms with E-state index in [1.165, 1.54) is 6.42 Å². The van der Waals surface area contributed by atoms with Crippen LogP contribution in [0.25, 0.3) is 0 Å². The minimum atomic E-state index is -0.241. The van der Waals surface area contributed by atoms with Crippen molar-refractivity contribution in [3.8, 4) is 0 Å². The molecule has 0 spiro atoms. The number of nitrogens with zero attached hydrogens (tertiary/aromatic N) is 2. The van der Waals surface area contributed by atoms with Crippen LogP contribution in [0.15, 0.2) is 0 Å². The molecule has 0 aromatic heterocycles. The van der Waals surface area contributed by atoms with E-state index in [1.54, 1.807) is 0 Å². The van der Waals surface area contributed by atoms with Crippen molar-refractivity contribution < 1.29 is 4.79 Å². The summed E-state index contributed by atoms with van der Waals surface area (Å²) >= 11 is 0. The lowest BCUT2D eigenvalue weighted by Crippen LogP contribution is -2.43. The third-order valence-corrected chi connectivity index (χ3v) is 3.51. The van der Waals surface area contributed by atoms with Crippen LogP contribution in [-0.2, 0) is 4.79 Å². The number of likely N-dealkylation sites (tertiary alicyclic amines) is 1. The fourth-order valence-corrected chi connectivity index (χ4v) is 2.34. The van der Waals surface area contributed by atoms with Crippen LogP contribution < -0.4 is 11.1 Å². The highest BCUT2D eigenvalue weighted by atomic mass is 16.1. The predicted octanol–water partition coefficient (Wildman–Crippen LogP) is -0.524. The van der Waals surface area contributed by atoms with Gasteiger partial charge in [-0.25, -0.2) is 0 Å². The molecule has 5 heteroatoms. The fraction of sp³-hybridized carbons (Fsp3) is 0.917. The summed E-state index contributed by atoms with van der Waals surface area (Å²) in [6.45, 7) is 5.96. The minimum absolute atomic E-state index is 0.182. The summed E-state index contributed by atoms with van der Waals surface area (Å²) in [5.74, 6) is -0.241. The van der Waals surface area contributed by atoms with E-state index in [4.69, 9.17) is 5.73 Å². The standard InChI is InChI=1S/C12H26N4O/c1-4-14-11(12(13)17)6-8-16-7-5-10(9-16)15(2)3/h10-11,14H,4-9H2,1-3H3,(H2,13,17). The Labute approximate surface area is 104 Å². The number of carbonyl (C=O) groups excluding carboxylic acids is 1. The van der Waals surface area contributed by atoms with Gasteiger partial charge in [0.25, 0.3) is 0 Å². The molecule has 1 fully saturated rings. The van der Waals surface area contributed by atoms with Gasteiger partial charge in [-0.15, -0.1) is 0 Å². The number of amides is 1. The van der Waals surface area contributed by atoms with Gasteiger partial charge >= 0.3 is 0 Å². The zero-order valence-electron chi connectivity index (χ0n) is 11.3. The molecule has 100 valence electrons. The van der Waals surface area contributed by atoms with Crippen LogP contribution in [0.2, 0.25) is 0 Å². The van der Waals surface area contributed by atoms with E-state index in [-0.39, 0.29) is 11.9 Å². The number of likely N-dealkylation sites (N-methyl/N-ethyl adjacent to an activating group) is 2. The quantitative estimate of drug-likeness (QED) is 0.630. The summed E-state index contributed by atoms with van der Waals surface area (Å²) in [5.41, 5.74) is 5.35. The first-order chi connectivity index (χ1) is 8.04. The van der Waals surface area contributed by atoms with Crippen molar-refractivity contribution in [2.75, 3.05) is 40.3 Å². The molecule has 0 aromatic rings. The van der Waals surface area contributed by atoms with E-state index in [9.17, 15) is 4.79 Å². The van der Waals surface area contributed by atoms with E-state index >= 15 is 0 Å². The molecule has 0 aliphatic carbocycles. The van der Waals surface area contributed by atoms with Gasteiger partial charge in [-0.05, 0) is 40.0 Å². The van der Waals surface area contributed by atoms with Gasteiger partial charge in [0.1, 0.15) is 0 Å². The van der Waals surface area contributed by atoms with Crippen molar-refractivity contribution in [2.24, 2.45) is 5.73 Å². The van der Waals surface area contributed by atoms with Crippen LogP contribution in [0.4, 0.5) is 0 Å². The Bertz CT molecular complexity index is 245. The smallest absolute Gasteiger partial charge is 0.234 e. The molecule has 1 rings (SSSR count). The van der Waals surface area contributed by atoms with Gasteiger partial charge in [-0.2, -0.15) is 0 Å². The Morgan fingerprint density at radius 1 is 1.59 bits per heavy atom. The molecule has 1 saturated heterocycles. The number of nitrogens with two attached hydrogens (primary N) is 1. The molecule has 1 amide bonds. The van der Waals surface area contributed by atoms with E-state index in [1.807, 2.05) is 6.92 Å². The number of nitrogens with one attached hydrogen (secondary N) is 1. The topological polar surface area (TPSA) is 61.6 Å². The van der Waals surface area contributed by atoms with Crippen molar-refractivity contribution >= 4 is 5.91 Å². The number of primary amides is 1. The maximum absolute atomic E-state index is 11.2. The summed E-state index contributed by atoms with van der Waals surface area (Å²) in [7, 11) is 4.25. The predicted molar refractivity (Wildman–Crippen MR) is 69.8 cm³/mol. The van der Waals surface area contributed by atoms with E-state index in [2.05, 4.69) is 29.2 Å². The second-order valence-corrected chi connectivity index (χ2v) is 5.01. The van der Waals surface area contributed by atoms with Gasteiger partial charge in [-0.1, -0.05) is 6.92 Å². The SMILES string of the molecule is CCNC(CCN1CCC(N(C)C)C1)C(N)=O. The third kappa shape index (κ3) is 4.61. The van der Waals surface area contributed by atoms with E-state index in [0.717, 1.165) is 32.6 Å². The molecule has 3 N–H and O–H groups in total. The monoisotopic (exact) mass is 242 g/mol. The van der Waals surface area contributed by atoms with Gasteiger partial charge in [0.05, 0.1) is 6.04 Å². The maximum atomic E-state index is 11.2. The minimum Gasteiger partial charge on any atom is -0.368 e. The lowest BCUT2D eigenvalue weighted by Gasteiger charge is -2.22. The van der Waals surface area contributed by atoms with Gasteiger partial charge in [-0.3, -0.25) is 4.79 Å². The maximum Gasteiger partial charge on any atom is 0.234 e.